The lowest BCUT2D eigenvalue weighted by Crippen LogP contribution is -2.33. The van der Waals surface area contributed by atoms with Crippen LogP contribution in [-0.4, -0.2) is 30.8 Å². The van der Waals surface area contributed by atoms with E-state index in [4.69, 9.17) is 0 Å². The van der Waals surface area contributed by atoms with Crippen LogP contribution in [0.5, 0.6) is 0 Å². The molecule has 0 aliphatic carbocycles. The summed E-state index contributed by atoms with van der Waals surface area (Å²) in [6.07, 6.45) is 1.28. The maximum atomic E-state index is 13.3. The van der Waals surface area contributed by atoms with Crippen LogP contribution >= 0.6 is 11.3 Å². The van der Waals surface area contributed by atoms with Gasteiger partial charge in [0.1, 0.15) is 0 Å². The van der Waals surface area contributed by atoms with Gasteiger partial charge in [-0.25, -0.2) is 13.4 Å². The fourth-order valence-corrected chi connectivity index (χ4v) is 6.07. The van der Waals surface area contributed by atoms with Crippen molar-refractivity contribution in [2.75, 3.05) is 16.4 Å². The molecule has 0 saturated carbocycles. The van der Waals surface area contributed by atoms with Crippen LogP contribution in [0.4, 0.5) is 10.8 Å². The number of fused-ring (bicyclic) bond motifs is 1. The summed E-state index contributed by atoms with van der Waals surface area (Å²) in [6.45, 7) is 2.08. The number of aromatic nitrogens is 1. The summed E-state index contributed by atoms with van der Waals surface area (Å²) in [5, 5.41) is 0.578. The van der Waals surface area contributed by atoms with Crippen molar-refractivity contribution >= 4 is 48.1 Å². The third kappa shape index (κ3) is 3.61. The lowest BCUT2D eigenvalue weighted by Gasteiger charge is -2.23. The summed E-state index contributed by atoms with van der Waals surface area (Å²) >= 11 is 1.44. The second-order valence-corrected chi connectivity index (χ2v) is 10.00. The largest absolute Gasteiger partial charge is 0.274 e. The van der Waals surface area contributed by atoms with Crippen molar-refractivity contribution in [2.45, 2.75) is 19.8 Å². The second kappa shape index (κ2) is 7.05. The van der Waals surface area contributed by atoms with Crippen LogP contribution in [-0.2, 0) is 21.1 Å². The zero-order valence-electron chi connectivity index (χ0n) is 15.0. The Balaban J connectivity index is 1.77. The Morgan fingerprint density at radius 3 is 2.56 bits per heavy atom. The van der Waals surface area contributed by atoms with Gasteiger partial charge in [0.25, 0.3) is 0 Å². The molecule has 1 fully saturated rings. The average molecular weight is 401 g/mol. The number of sulfone groups is 1. The highest BCUT2D eigenvalue weighted by atomic mass is 32.2. The van der Waals surface area contributed by atoms with Gasteiger partial charge in [-0.05, 0) is 42.7 Å². The molecule has 1 aliphatic rings. The average Bonchev–Trinajstić information content (AvgIpc) is 3.25. The van der Waals surface area contributed by atoms with E-state index < -0.39 is 15.8 Å². The number of thiazole rings is 1. The fraction of sp³-hybridized carbons (Fsp3) is 0.300. The third-order valence-electron chi connectivity index (χ3n) is 4.88. The number of aryl methyl sites for hydroxylation is 1. The topological polar surface area (TPSA) is 67.3 Å². The number of anilines is 2. The smallest absolute Gasteiger partial charge is 0.237 e. The molecule has 1 saturated heterocycles. The van der Waals surface area contributed by atoms with Gasteiger partial charge in [-0.15, -0.1) is 0 Å². The van der Waals surface area contributed by atoms with E-state index in [-0.39, 0.29) is 17.4 Å². The molecule has 3 aromatic rings. The first-order valence-corrected chi connectivity index (χ1v) is 11.6. The second-order valence-electron chi connectivity index (χ2n) is 6.76. The highest BCUT2D eigenvalue weighted by molar-refractivity contribution is 7.91. The summed E-state index contributed by atoms with van der Waals surface area (Å²) in [4.78, 5) is 19.5. The molecule has 2 aromatic carbocycles. The first kappa shape index (κ1) is 18.1. The Morgan fingerprint density at radius 2 is 1.93 bits per heavy atom. The molecule has 1 unspecified atom stereocenters. The van der Waals surface area contributed by atoms with E-state index in [1.807, 2.05) is 48.5 Å². The van der Waals surface area contributed by atoms with Gasteiger partial charge in [-0.1, -0.05) is 42.5 Å². The molecule has 0 spiro atoms. The Labute approximate surface area is 162 Å². The highest BCUT2D eigenvalue weighted by Crippen LogP contribution is 2.36. The first-order valence-electron chi connectivity index (χ1n) is 8.96. The van der Waals surface area contributed by atoms with E-state index in [1.165, 1.54) is 16.9 Å². The number of para-hydroxylation sites is 1. The molecule has 1 atom stereocenters. The van der Waals surface area contributed by atoms with E-state index in [0.29, 0.717) is 11.6 Å². The van der Waals surface area contributed by atoms with Crippen LogP contribution in [0.15, 0.2) is 48.5 Å². The van der Waals surface area contributed by atoms with Crippen molar-refractivity contribution < 1.29 is 13.2 Å². The molecule has 1 aliphatic heterocycles. The predicted octanol–water partition coefficient (Wildman–Crippen LogP) is 3.96. The highest BCUT2D eigenvalue weighted by Gasteiger charge is 2.37. The van der Waals surface area contributed by atoms with Gasteiger partial charge in [0.05, 0.1) is 33.3 Å². The minimum absolute atomic E-state index is 0.0753. The summed E-state index contributed by atoms with van der Waals surface area (Å²) in [5.74, 6) is -0.723. The first-order chi connectivity index (χ1) is 13.0. The third-order valence-corrected chi connectivity index (χ3v) is 7.67. The standard InChI is InChI=1S/C20H20N2O3S2/c1-2-14-7-9-16(10-8-14)22(19(23)15-11-12-27(24,25)13-15)20-21-17-5-3-4-6-18(17)26-20/h3-10,15H,2,11-13H2,1H3. The van der Waals surface area contributed by atoms with Crippen molar-refractivity contribution in [1.29, 1.82) is 0 Å². The number of nitrogens with zero attached hydrogens (tertiary/aromatic N) is 2. The molecule has 2 heterocycles. The number of amides is 1. The number of rotatable bonds is 4. The molecular formula is C20H20N2O3S2. The predicted molar refractivity (Wildman–Crippen MR) is 109 cm³/mol. The summed E-state index contributed by atoms with van der Waals surface area (Å²) in [7, 11) is -3.14. The molecule has 5 nitrogen and oxygen atoms in total. The van der Waals surface area contributed by atoms with Gasteiger partial charge in [-0.2, -0.15) is 0 Å². The molecule has 0 radical (unpaired) electrons. The van der Waals surface area contributed by atoms with Crippen LogP contribution in [0.3, 0.4) is 0 Å². The maximum absolute atomic E-state index is 13.3. The molecular weight excluding hydrogens is 380 g/mol. The SMILES string of the molecule is CCc1ccc(N(C(=O)C2CCS(=O)(=O)C2)c2nc3ccccc3s2)cc1. The normalized spacial score (nSPS) is 18.6. The monoisotopic (exact) mass is 400 g/mol. The lowest BCUT2D eigenvalue weighted by molar-refractivity contribution is -0.120. The van der Waals surface area contributed by atoms with Crippen molar-refractivity contribution in [3.8, 4) is 0 Å². The van der Waals surface area contributed by atoms with E-state index in [0.717, 1.165) is 22.3 Å². The Hall–Kier alpha value is -2.25. The quantitative estimate of drug-likeness (QED) is 0.665. The van der Waals surface area contributed by atoms with Crippen molar-refractivity contribution in [3.05, 3.63) is 54.1 Å². The van der Waals surface area contributed by atoms with Crippen LogP contribution in [0, 0.1) is 5.92 Å². The Bertz CT molecular complexity index is 1050. The van der Waals surface area contributed by atoms with Crippen LogP contribution in [0.2, 0.25) is 0 Å². The number of carbonyl (C=O) groups excluding carboxylic acids is 1. The molecule has 4 rings (SSSR count). The van der Waals surface area contributed by atoms with Crippen LogP contribution < -0.4 is 4.90 Å². The van der Waals surface area contributed by atoms with Crippen molar-refractivity contribution in [3.63, 3.8) is 0 Å². The van der Waals surface area contributed by atoms with Gasteiger partial charge in [0, 0.05) is 0 Å². The minimum Gasteiger partial charge on any atom is -0.274 e. The Morgan fingerprint density at radius 1 is 1.19 bits per heavy atom. The van der Waals surface area contributed by atoms with E-state index in [9.17, 15) is 13.2 Å². The summed E-state index contributed by atoms with van der Waals surface area (Å²) < 4.78 is 24.8. The van der Waals surface area contributed by atoms with Gasteiger partial charge < -0.3 is 0 Å². The molecule has 140 valence electrons. The Kier molecular flexibility index (Phi) is 4.74. The van der Waals surface area contributed by atoms with E-state index in [2.05, 4.69) is 11.9 Å². The van der Waals surface area contributed by atoms with Crippen molar-refractivity contribution in [2.24, 2.45) is 5.92 Å². The van der Waals surface area contributed by atoms with E-state index >= 15 is 0 Å². The fourth-order valence-electron chi connectivity index (χ4n) is 3.34. The molecule has 0 bridgehead atoms. The molecule has 27 heavy (non-hydrogen) atoms. The van der Waals surface area contributed by atoms with Gasteiger partial charge in [0.2, 0.25) is 5.91 Å². The van der Waals surface area contributed by atoms with E-state index in [1.54, 1.807) is 4.90 Å². The molecule has 1 amide bonds. The molecule has 7 heteroatoms. The maximum Gasteiger partial charge on any atom is 0.237 e. The van der Waals surface area contributed by atoms with Crippen LogP contribution in [0.1, 0.15) is 18.9 Å². The van der Waals surface area contributed by atoms with Gasteiger partial charge in [-0.3, -0.25) is 9.69 Å². The number of carbonyl (C=O) groups is 1. The van der Waals surface area contributed by atoms with Crippen molar-refractivity contribution in [1.82, 2.24) is 4.98 Å². The number of hydrogen-bond acceptors (Lipinski definition) is 5. The van der Waals surface area contributed by atoms with Crippen LogP contribution in [0.25, 0.3) is 10.2 Å². The summed E-state index contributed by atoms with van der Waals surface area (Å²) in [5.41, 5.74) is 2.74. The zero-order chi connectivity index (χ0) is 19.0. The lowest BCUT2D eigenvalue weighted by atomic mass is 10.1. The number of benzene rings is 2. The molecule has 0 N–H and O–H groups in total. The number of hydrogen-bond donors (Lipinski definition) is 0. The van der Waals surface area contributed by atoms with Gasteiger partial charge in [0.15, 0.2) is 15.0 Å². The molecule has 1 aromatic heterocycles. The zero-order valence-corrected chi connectivity index (χ0v) is 16.6. The summed E-state index contributed by atoms with van der Waals surface area (Å²) in [6, 6.07) is 15.5. The van der Waals surface area contributed by atoms with Gasteiger partial charge >= 0.3 is 0 Å². The minimum atomic E-state index is -3.14.